The summed E-state index contributed by atoms with van der Waals surface area (Å²) in [6, 6.07) is 6.49. The van der Waals surface area contributed by atoms with Crippen molar-refractivity contribution in [3.8, 4) is 0 Å². The van der Waals surface area contributed by atoms with Crippen molar-refractivity contribution in [3.05, 3.63) is 45.8 Å². The van der Waals surface area contributed by atoms with Gasteiger partial charge in [0.25, 0.3) is 0 Å². The second kappa shape index (κ2) is 4.74. The Morgan fingerprint density at radius 3 is 2.94 bits per heavy atom. The first-order chi connectivity index (χ1) is 8.58. The van der Waals surface area contributed by atoms with E-state index in [1.807, 2.05) is 0 Å². The highest BCUT2D eigenvalue weighted by molar-refractivity contribution is 5.74. The highest BCUT2D eigenvalue weighted by atomic mass is 16.6. The van der Waals surface area contributed by atoms with Crippen LogP contribution in [0.4, 0.5) is 17.1 Å². The molecule has 7 heteroatoms. The van der Waals surface area contributed by atoms with Gasteiger partial charge in [0.05, 0.1) is 11.5 Å². The van der Waals surface area contributed by atoms with Crippen molar-refractivity contribution in [2.75, 3.05) is 11.1 Å². The van der Waals surface area contributed by atoms with Crippen LogP contribution in [0.5, 0.6) is 0 Å². The molecule has 3 N–H and O–H groups in total. The van der Waals surface area contributed by atoms with E-state index in [2.05, 4.69) is 10.5 Å². The largest absolute Gasteiger partial charge is 0.393 e. The minimum absolute atomic E-state index is 0.126. The van der Waals surface area contributed by atoms with E-state index < -0.39 is 4.92 Å². The van der Waals surface area contributed by atoms with Gasteiger partial charge in [-0.3, -0.25) is 10.1 Å². The Hall–Kier alpha value is -2.57. The number of anilines is 2. The molecule has 0 radical (unpaired) electrons. The second-order valence-electron chi connectivity index (χ2n) is 3.78. The molecule has 7 nitrogen and oxygen atoms in total. The van der Waals surface area contributed by atoms with Gasteiger partial charge in [0, 0.05) is 6.07 Å². The summed E-state index contributed by atoms with van der Waals surface area (Å²) in [7, 11) is 0. The number of para-hydroxylation sites is 1. The molecule has 0 aliphatic heterocycles. The lowest BCUT2D eigenvalue weighted by atomic mass is 10.2. The van der Waals surface area contributed by atoms with E-state index in [0.29, 0.717) is 23.7 Å². The highest BCUT2D eigenvalue weighted by Gasteiger charge is 2.17. The number of rotatable bonds is 4. The molecule has 0 aliphatic rings. The Balaban J connectivity index is 2.19. The van der Waals surface area contributed by atoms with E-state index >= 15 is 0 Å². The van der Waals surface area contributed by atoms with Crippen LogP contribution in [0.1, 0.15) is 11.5 Å². The number of aromatic nitrogens is 1. The van der Waals surface area contributed by atoms with Crippen LogP contribution in [-0.4, -0.2) is 10.1 Å². The minimum atomic E-state index is -0.508. The van der Waals surface area contributed by atoms with Crippen molar-refractivity contribution >= 4 is 17.1 Å². The normalized spacial score (nSPS) is 10.3. The van der Waals surface area contributed by atoms with Gasteiger partial charge in [-0.1, -0.05) is 11.2 Å². The van der Waals surface area contributed by atoms with Crippen molar-refractivity contribution < 1.29 is 9.45 Å². The summed E-state index contributed by atoms with van der Waals surface area (Å²) in [5, 5.41) is 17.6. The lowest BCUT2D eigenvalue weighted by molar-refractivity contribution is -0.383. The maximum atomic E-state index is 10.9. The molecule has 2 aromatic rings. The quantitative estimate of drug-likeness (QED) is 0.487. The highest BCUT2D eigenvalue weighted by Crippen LogP contribution is 2.30. The van der Waals surface area contributed by atoms with Crippen molar-refractivity contribution in [2.24, 2.45) is 0 Å². The van der Waals surface area contributed by atoms with E-state index in [4.69, 9.17) is 10.3 Å². The summed E-state index contributed by atoms with van der Waals surface area (Å²) in [5.74, 6) is 0.689. The van der Waals surface area contributed by atoms with Crippen LogP contribution in [0.15, 0.2) is 28.8 Å². The van der Waals surface area contributed by atoms with Gasteiger partial charge in [-0.05, 0) is 19.1 Å². The fourth-order valence-corrected chi connectivity index (χ4v) is 1.59. The predicted octanol–water partition coefficient (Wildman–Crippen LogP) is 2.09. The summed E-state index contributed by atoms with van der Waals surface area (Å²) in [5.41, 5.74) is 6.61. The van der Waals surface area contributed by atoms with Crippen LogP contribution in [0.3, 0.4) is 0 Å². The molecule has 0 atom stereocenters. The molecular weight excluding hydrogens is 236 g/mol. The van der Waals surface area contributed by atoms with E-state index in [9.17, 15) is 10.1 Å². The topological polar surface area (TPSA) is 107 Å². The minimum Gasteiger partial charge on any atom is -0.393 e. The summed E-state index contributed by atoms with van der Waals surface area (Å²) >= 11 is 0. The Bertz CT molecular complexity index is 579. The van der Waals surface area contributed by atoms with Gasteiger partial charge in [0.15, 0.2) is 0 Å². The molecule has 0 saturated heterocycles. The molecule has 0 unspecified atom stereocenters. The van der Waals surface area contributed by atoms with Gasteiger partial charge >= 0.3 is 5.69 Å². The van der Waals surface area contributed by atoms with Crippen LogP contribution < -0.4 is 11.1 Å². The molecule has 0 aliphatic carbocycles. The van der Waals surface area contributed by atoms with Crippen molar-refractivity contribution in [1.29, 1.82) is 0 Å². The second-order valence-corrected chi connectivity index (χ2v) is 3.78. The molecule has 2 rings (SSSR count). The number of nitrogens with zero attached hydrogens (tertiary/aromatic N) is 2. The van der Waals surface area contributed by atoms with Crippen LogP contribution in [0.2, 0.25) is 0 Å². The molecule has 0 fully saturated rings. The first kappa shape index (κ1) is 11.9. The summed E-state index contributed by atoms with van der Waals surface area (Å²) in [4.78, 5) is 10.4. The number of nitro benzene ring substituents is 1. The maximum Gasteiger partial charge on any atom is 0.314 e. The molecule has 94 valence electrons. The Morgan fingerprint density at radius 2 is 2.33 bits per heavy atom. The number of nitrogen functional groups attached to an aromatic ring is 1. The molecule has 0 amide bonds. The Kier molecular flexibility index (Phi) is 3.13. The van der Waals surface area contributed by atoms with E-state index in [-0.39, 0.29) is 11.4 Å². The van der Waals surface area contributed by atoms with Gasteiger partial charge in [0.1, 0.15) is 22.8 Å². The van der Waals surface area contributed by atoms with Gasteiger partial charge in [-0.15, -0.1) is 0 Å². The zero-order valence-electron chi connectivity index (χ0n) is 9.71. The van der Waals surface area contributed by atoms with Gasteiger partial charge in [0.2, 0.25) is 0 Å². The third kappa shape index (κ3) is 2.40. The third-order valence-corrected chi connectivity index (χ3v) is 2.39. The average molecular weight is 248 g/mol. The lowest BCUT2D eigenvalue weighted by Gasteiger charge is -2.06. The van der Waals surface area contributed by atoms with Gasteiger partial charge in [-0.2, -0.15) is 0 Å². The molecule has 0 saturated carbocycles. The lowest BCUT2D eigenvalue weighted by Crippen LogP contribution is -2.04. The first-order valence-corrected chi connectivity index (χ1v) is 5.27. The number of hydrogen-bond acceptors (Lipinski definition) is 6. The molecule has 1 aromatic heterocycles. The monoisotopic (exact) mass is 248 g/mol. The average Bonchev–Trinajstić information content (AvgIpc) is 2.72. The maximum absolute atomic E-state index is 10.9. The fourth-order valence-electron chi connectivity index (χ4n) is 1.59. The molecule has 0 bridgehead atoms. The van der Waals surface area contributed by atoms with Gasteiger partial charge < -0.3 is 15.6 Å². The number of nitrogens with two attached hydrogens (primary N) is 1. The van der Waals surface area contributed by atoms with E-state index in [0.717, 1.165) is 0 Å². The van der Waals surface area contributed by atoms with Crippen LogP contribution in [-0.2, 0) is 6.54 Å². The summed E-state index contributed by atoms with van der Waals surface area (Å²) in [6.45, 7) is 2.11. The smallest absolute Gasteiger partial charge is 0.314 e. The Labute approximate surface area is 103 Å². The SMILES string of the molecule is Cc1cc(CNc2cccc(N)c2[N+](=O)[O-])no1. The van der Waals surface area contributed by atoms with Crippen molar-refractivity contribution in [1.82, 2.24) is 5.16 Å². The number of benzene rings is 1. The molecular formula is C11H12N4O3. The zero-order valence-corrected chi connectivity index (χ0v) is 9.71. The van der Waals surface area contributed by atoms with E-state index in [1.165, 1.54) is 6.07 Å². The van der Waals surface area contributed by atoms with Crippen LogP contribution >= 0.6 is 0 Å². The molecule has 0 spiro atoms. The third-order valence-electron chi connectivity index (χ3n) is 2.39. The standard InChI is InChI=1S/C11H12N4O3/c1-7-5-8(14-18-7)6-13-10-4-2-3-9(12)11(10)15(16)17/h2-5,13H,6,12H2,1H3. The predicted molar refractivity (Wildman–Crippen MR) is 66.1 cm³/mol. The number of hydrogen-bond donors (Lipinski definition) is 2. The molecule has 1 heterocycles. The number of aryl methyl sites for hydroxylation is 1. The first-order valence-electron chi connectivity index (χ1n) is 5.27. The fraction of sp³-hybridized carbons (Fsp3) is 0.182. The number of nitrogens with one attached hydrogen (secondary N) is 1. The molecule has 18 heavy (non-hydrogen) atoms. The summed E-state index contributed by atoms with van der Waals surface area (Å²) in [6.07, 6.45) is 0. The number of nitro groups is 1. The van der Waals surface area contributed by atoms with Crippen LogP contribution in [0, 0.1) is 17.0 Å². The zero-order chi connectivity index (χ0) is 13.1. The van der Waals surface area contributed by atoms with Gasteiger partial charge in [-0.25, -0.2) is 0 Å². The van der Waals surface area contributed by atoms with Crippen molar-refractivity contribution in [3.63, 3.8) is 0 Å². The van der Waals surface area contributed by atoms with E-state index in [1.54, 1.807) is 25.1 Å². The molecule has 1 aromatic carbocycles. The Morgan fingerprint density at radius 1 is 1.56 bits per heavy atom. The summed E-state index contributed by atoms with van der Waals surface area (Å²) < 4.78 is 4.91. The van der Waals surface area contributed by atoms with Crippen LogP contribution in [0.25, 0.3) is 0 Å². The van der Waals surface area contributed by atoms with Crippen molar-refractivity contribution in [2.45, 2.75) is 13.5 Å².